The minimum Gasteiger partial charge on any atom is -0.405 e. The number of carbonyl (C=O) groups excluding carboxylic acids is 5. The SMILES string of the molecule is CCCN(C(=O)NC(N)=O)C(CC)c1nnc(NC(=O)NC(=O)NC(C)=O)o1. The number of anilines is 1. The largest absolute Gasteiger partial charge is 0.405 e. The molecular formula is C14H22N8O6. The quantitative estimate of drug-likeness (QED) is 0.452. The van der Waals surface area contributed by atoms with Crippen molar-refractivity contribution in [2.45, 2.75) is 39.7 Å². The summed E-state index contributed by atoms with van der Waals surface area (Å²) in [7, 11) is 0. The standard InChI is InChI=1S/C14H22N8O6/c1-4-6-22(14(27)17-10(15)24)8(5-2)9-20-21-13(28-9)19-12(26)18-11(25)16-7(3)23/h8H,4-6H2,1-3H3,(H3,15,17,24,27)(H3,16,18,19,21,23,25,26). The summed E-state index contributed by atoms with van der Waals surface area (Å²) < 4.78 is 5.32. The van der Waals surface area contributed by atoms with Gasteiger partial charge in [0.25, 0.3) is 0 Å². The lowest BCUT2D eigenvalue weighted by atomic mass is 10.2. The highest BCUT2D eigenvalue weighted by Gasteiger charge is 2.29. The molecule has 6 N–H and O–H groups in total. The normalized spacial score (nSPS) is 11.1. The van der Waals surface area contributed by atoms with E-state index in [0.29, 0.717) is 12.8 Å². The molecule has 1 rings (SSSR count). The molecule has 14 heteroatoms. The zero-order valence-corrected chi connectivity index (χ0v) is 15.6. The van der Waals surface area contributed by atoms with E-state index >= 15 is 0 Å². The molecule has 28 heavy (non-hydrogen) atoms. The van der Waals surface area contributed by atoms with Crippen LogP contribution in [0.25, 0.3) is 0 Å². The van der Waals surface area contributed by atoms with Gasteiger partial charge in [-0.25, -0.2) is 19.2 Å². The van der Waals surface area contributed by atoms with Gasteiger partial charge in [0.15, 0.2) is 0 Å². The van der Waals surface area contributed by atoms with Crippen molar-refractivity contribution in [1.29, 1.82) is 0 Å². The molecule has 0 aliphatic heterocycles. The Balaban J connectivity index is 2.86. The third kappa shape index (κ3) is 6.89. The summed E-state index contributed by atoms with van der Waals surface area (Å²) in [6.07, 6.45) is 0.941. The Bertz CT molecular complexity index is 748. The second-order valence-corrected chi connectivity index (χ2v) is 5.45. The van der Waals surface area contributed by atoms with E-state index in [1.54, 1.807) is 6.92 Å². The lowest BCUT2D eigenvalue weighted by Crippen LogP contribution is -2.46. The van der Waals surface area contributed by atoms with Crippen LogP contribution >= 0.6 is 0 Å². The van der Waals surface area contributed by atoms with Crippen LogP contribution in [0, 0.1) is 0 Å². The topological polar surface area (TPSA) is 202 Å². The van der Waals surface area contributed by atoms with E-state index < -0.39 is 36.1 Å². The summed E-state index contributed by atoms with van der Waals surface area (Å²) in [4.78, 5) is 58.1. The van der Waals surface area contributed by atoms with Gasteiger partial charge in [-0.1, -0.05) is 18.9 Å². The van der Waals surface area contributed by atoms with Crippen LogP contribution in [0.5, 0.6) is 0 Å². The smallest absolute Gasteiger partial charge is 0.330 e. The maximum absolute atomic E-state index is 12.2. The van der Waals surface area contributed by atoms with Gasteiger partial charge in [-0.05, 0) is 12.8 Å². The molecule has 0 spiro atoms. The van der Waals surface area contributed by atoms with Gasteiger partial charge in [0.2, 0.25) is 11.8 Å². The summed E-state index contributed by atoms with van der Waals surface area (Å²) in [6, 6.07) is -4.81. The molecule has 0 fully saturated rings. The first-order valence-corrected chi connectivity index (χ1v) is 8.27. The van der Waals surface area contributed by atoms with Gasteiger partial charge in [0, 0.05) is 13.5 Å². The molecule has 1 heterocycles. The number of nitrogens with zero attached hydrogens (tertiary/aromatic N) is 3. The van der Waals surface area contributed by atoms with Crippen LogP contribution in [0.15, 0.2) is 4.42 Å². The summed E-state index contributed by atoms with van der Waals surface area (Å²) >= 11 is 0. The third-order valence-corrected chi connectivity index (χ3v) is 3.18. The van der Waals surface area contributed by atoms with Crippen molar-refractivity contribution < 1.29 is 28.4 Å². The van der Waals surface area contributed by atoms with E-state index in [1.807, 2.05) is 22.9 Å². The minimum atomic E-state index is -1.03. The highest BCUT2D eigenvalue weighted by Crippen LogP contribution is 2.24. The molecule has 1 aromatic heterocycles. The van der Waals surface area contributed by atoms with Crippen molar-refractivity contribution in [3.8, 4) is 0 Å². The van der Waals surface area contributed by atoms with Crippen molar-refractivity contribution in [2.24, 2.45) is 5.73 Å². The van der Waals surface area contributed by atoms with Crippen LogP contribution in [0.4, 0.5) is 25.2 Å². The number of nitrogens with two attached hydrogens (primary N) is 1. The van der Waals surface area contributed by atoms with Crippen LogP contribution in [0.2, 0.25) is 0 Å². The van der Waals surface area contributed by atoms with Gasteiger partial charge in [-0.15, -0.1) is 5.10 Å². The van der Waals surface area contributed by atoms with E-state index in [0.717, 1.165) is 6.92 Å². The summed E-state index contributed by atoms with van der Waals surface area (Å²) in [6.45, 7) is 4.95. The zero-order chi connectivity index (χ0) is 21.3. The van der Waals surface area contributed by atoms with Crippen LogP contribution in [-0.2, 0) is 4.79 Å². The Kier molecular flexibility index (Phi) is 8.33. The number of aromatic nitrogens is 2. The molecular weight excluding hydrogens is 376 g/mol. The second-order valence-electron chi connectivity index (χ2n) is 5.45. The molecule has 0 saturated carbocycles. The highest BCUT2D eigenvalue weighted by molar-refractivity contribution is 6.04. The number of rotatable bonds is 6. The molecule has 0 bridgehead atoms. The molecule has 1 aromatic rings. The number of urea groups is 4. The monoisotopic (exact) mass is 398 g/mol. The Morgan fingerprint density at radius 3 is 2.29 bits per heavy atom. The van der Waals surface area contributed by atoms with Gasteiger partial charge >= 0.3 is 30.1 Å². The Labute approximate surface area is 159 Å². The molecule has 0 aromatic carbocycles. The Morgan fingerprint density at radius 2 is 1.75 bits per heavy atom. The number of hydrogen-bond acceptors (Lipinski definition) is 8. The van der Waals surface area contributed by atoms with Gasteiger partial charge in [-0.3, -0.25) is 26.1 Å². The molecule has 1 atom stereocenters. The van der Waals surface area contributed by atoms with E-state index in [2.05, 4.69) is 15.5 Å². The van der Waals surface area contributed by atoms with E-state index in [9.17, 15) is 24.0 Å². The minimum absolute atomic E-state index is 0.000872. The van der Waals surface area contributed by atoms with Crippen LogP contribution in [0.3, 0.4) is 0 Å². The molecule has 14 nitrogen and oxygen atoms in total. The number of hydrogen-bond donors (Lipinski definition) is 5. The average Bonchev–Trinajstić information content (AvgIpc) is 3.01. The number of carbonyl (C=O) groups is 5. The molecule has 1 unspecified atom stereocenters. The van der Waals surface area contributed by atoms with Crippen molar-refractivity contribution in [3.05, 3.63) is 5.89 Å². The van der Waals surface area contributed by atoms with Crippen molar-refractivity contribution >= 4 is 36.0 Å². The third-order valence-electron chi connectivity index (χ3n) is 3.18. The summed E-state index contributed by atoms with van der Waals surface area (Å²) in [5, 5.41) is 15.2. The van der Waals surface area contributed by atoms with Crippen molar-refractivity contribution in [1.82, 2.24) is 31.0 Å². The van der Waals surface area contributed by atoms with Crippen LogP contribution in [-0.4, -0.2) is 51.7 Å². The fourth-order valence-electron chi connectivity index (χ4n) is 2.19. The van der Waals surface area contributed by atoms with Crippen LogP contribution in [0.1, 0.15) is 45.5 Å². The zero-order valence-electron chi connectivity index (χ0n) is 15.6. The predicted molar refractivity (Wildman–Crippen MR) is 93.8 cm³/mol. The number of primary amides is 1. The first-order valence-electron chi connectivity index (χ1n) is 8.27. The lowest BCUT2D eigenvalue weighted by Gasteiger charge is -2.27. The van der Waals surface area contributed by atoms with Gasteiger partial charge < -0.3 is 15.1 Å². The van der Waals surface area contributed by atoms with E-state index in [1.165, 1.54) is 4.90 Å². The molecule has 154 valence electrons. The van der Waals surface area contributed by atoms with E-state index in [-0.39, 0.29) is 18.5 Å². The number of imide groups is 3. The Morgan fingerprint density at radius 1 is 1.07 bits per heavy atom. The summed E-state index contributed by atoms with van der Waals surface area (Å²) in [5.74, 6) is -0.652. The first-order chi connectivity index (χ1) is 13.2. The lowest BCUT2D eigenvalue weighted by molar-refractivity contribution is -0.117. The van der Waals surface area contributed by atoms with Crippen LogP contribution < -0.4 is 27.0 Å². The fourth-order valence-corrected chi connectivity index (χ4v) is 2.19. The van der Waals surface area contributed by atoms with Gasteiger partial charge in [0.05, 0.1) is 0 Å². The van der Waals surface area contributed by atoms with Crippen molar-refractivity contribution in [3.63, 3.8) is 0 Å². The maximum Gasteiger partial charge on any atom is 0.330 e. The highest BCUT2D eigenvalue weighted by atomic mass is 16.4. The molecule has 0 aliphatic carbocycles. The van der Waals surface area contributed by atoms with Gasteiger partial charge in [0.1, 0.15) is 6.04 Å². The fraction of sp³-hybridized carbons (Fsp3) is 0.500. The average molecular weight is 398 g/mol. The van der Waals surface area contributed by atoms with Crippen molar-refractivity contribution in [2.75, 3.05) is 11.9 Å². The maximum atomic E-state index is 12.2. The first kappa shape index (κ1) is 22.3. The summed E-state index contributed by atoms with van der Waals surface area (Å²) in [5.41, 5.74) is 4.98. The number of amides is 9. The molecule has 0 saturated heterocycles. The number of nitrogens with one attached hydrogen (secondary N) is 4. The Hall–Kier alpha value is -3.71. The predicted octanol–water partition coefficient (Wildman–Crippen LogP) is 0.399. The van der Waals surface area contributed by atoms with Gasteiger partial charge in [-0.2, -0.15) is 0 Å². The molecule has 9 amide bonds. The molecule has 0 radical (unpaired) electrons. The second kappa shape index (κ2) is 10.4. The van der Waals surface area contributed by atoms with E-state index in [4.69, 9.17) is 10.2 Å². The molecule has 0 aliphatic rings.